The van der Waals surface area contributed by atoms with Crippen molar-refractivity contribution in [3.05, 3.63) is 47.0 Å². The molecule has 0 atom stereocenters. The third-order valence-corrected chi connectivity index (χ3v) is 4.34. The van der Waals surface area contributed by atoms with Crippen molar-refractivity contribution in [2.45, 2.75) is 0 Å². The molecule has 1 aliphatic heterocycles. The van der Waals surface area contributed by atoms with E-state index in [1.165, 1.54) is 36.3 Å². The fourth-order valence-corrected chi connectivity index (χ4v) is 2.83. The summed E-state index contributed by atoms with van der Waals surface area (Å²) in [6.07, 6.45) is 1.37. The number of benzene rings is 1. The minimum atomic E-state index is -0.517. The summed E-state index contributed by atoms with van der Waals surface area (Å²) >= 11 is 6.10. The van der Waals surface area contributed by atoms with Crippen LogP contribution in [0.15, 0.2) is 30.5 Å². The van der Waals surface area contributed by atoms with E-state index >= 15 is 0 Å². The molecule has 10 heteroatoms. The van der Waals surface area contributed by atoms with Crippen molar-refractivity contribution < 1.29 is 18.7 Å². The number of hydrogen-bond acceptors (Lipinski definition) is 6. The normalized spacial score (nSPS) is 13.9. The van der Waals surface area contributed by atoms with E-state index in [0.29, 0.717) is 37.9 Å². The fraction of sp³-hybridized carbons (Fsp3) is 0.333. The lowest BCUT2D eigenvalue weighted by Gasteiger charge is -2.27. The first-order valence-corrected chi connectivity index (χ1v) is 8.98. The Labute approximate surface area is 166 Å². The number of morpholine rings is 1. The molecule has 2 aromatic rings. The number of amides is 2. The highest BCUT2D eigenvalue weighted by atomic mass is 35.5. The van der Waals surface area contributed by atoms with Gasteiger partial charge in [-0.3, -0.25) is 9.59 Å². The molecule has 28 heavy (non-hydrogen) atoms. The molecule has 1 saturated heterocycles. The van der Waals surface area contributed by atoms with Crippen molar-refractivity contribution in [2.24, 2.45) is 0 Å². The number of halogens is 2. The highest BCUT2D eigenvalue weighted by molar-refractivity contribution is 6.33. The Morgan fingerprint density at radius 1 is 1.36 bits per heavy atom. The highest BCUT2D eigenvalue weighted by Gasteiger charge is 2.22. The maximum absolute atomic E-state index is 13.2. The average Bonchev–Trinajstić information content (AvgIpc) is 2.68. The number of anilines is 2. The van der Waals surface area contributed by atoms with Gasteiger partial charge in [-0.05, 0) is 18.2 Å². The van der Waals surface area contributed by atoms with Gasteiger partial charge in [-0.25, -0.2) is 14.4 Å². The summed E-state index contributed by atoms with van der Waals surface area (Å²) in [6.45, 7) is 2.08. The smallest absolute Gasteiger partial charge is 0.274 e. The number of nitrogens with zero attached hydrogens (tertiary/aromatic N) is 4. The van der Waals surface area contributed by atoms with E-state index in [1.807, 2.05) is 4.90 Å². The average molecular weight is 408 g/mol. The first kappa shape index (κ1) is 20.0. The van der Waals surface area contributed by atoms with Crippen molar-refractivity contribution in [3.8, 4) is 0 Å². The van der Waals surface area contributed by atoms with Gasteiger partial charge in [0.25, 0.3) is 5.91 Å². The van der Waals surface area contributed by atoms with Crippen LogP contribution in [0.1, 0.15) is 10.5 Å². The molecule has 0 aliphatic carbocycles. The van der Waals surface area contributed by atoms with E-state index in [1.54, 1.807) is 6.07 Å². The predicted octanol–water partition coefficient (Wildman–Crippen LogP) is 1.82. The molecule has 1 fully saturated rings. The maximum atomic E-state index is 13.2. The third-order valence-electron chi connectivity index (χ3n) is 4.06. The molecule has 1 N–H and O–H groups in total. The lowest BCUT2D eigenvalue weighted by Crippen LogP contribution is -2.38. The Morgan fingerprint density at radius 2 is 2.11 bits per heavy atom. The molecule has 1 aromatic carbocycles. The maximum Gasteiger partial charge on any atom is 0.274 e. The van der Waals surface area contributed by atoms with Crippen LogP contribution in [-0.4, -0.2) is 66.6 Å². The topological polar surface area (TPSA) is 87.7 Å². The minimum absolute atomic E-state index is 0.0132. The van der Waals surface area contributed by atoms with Gasteiger partial charge in [-0.2, -0.15) is 0 Å². The standard InChI is InChI=1S/C18H19ClFN5O3/c1-24(11-15(26)22-13-4-2-3-12(20)9-13)17(27)16-14(19)10-21-18(23-16)25-5-7-28-8-6-25/h2-4,9-10H,5-8,11H2,1H3,(H,22,26). The van der Waals surface area contributed by atoms with E-state index in [9.17, 15) is 14.0 Å². The molecular formula is C18H19ClFN5O3. The number of carbonyl (C=O) groups excluding carboxylic acids is 2. The first-order valence-electron chi connectivity index (χ1n) is 8.60. The van der Waals surface area contributed by atoms with Gasteiger partial charge < -0.3 is 19.9 Å². The Bertz CT molecular complexity index is 876. The van der Waals surface area contributed by atoms with Crippen LogP contribution in [0.5, 0.6) is 0 Å². The van der Waals surface area contributed by atoms with Crippen molar-refractivity contribution >= 4 is 35.1 Å². The summed E-state index contributed by atoms with van der Waals surface area (Å²) in [5.41, 5.74) is 0.319. The van der Waals surface area contributed by atoms with Gasteiger partial charge in [0, 0.05) is 25.8 Å². The molecule has 148 valence electrons. The monoisotopic (exact) mass is 407 g/mol. The lowest BCUT2D eigenvalue weighted by molar-refractivity contribution is -0.116. The first-order chi connectivity index (χ1) is 13.4. The van der Waals surface area contributed by atoms with Crippen LogP contribution in [0.25, 0.3) is 0 Å². The fourth-order valence-electron chi connectivity index (χ4n) is 2.66. The quantitative estimate of drug-likeness (QED) is 0.813. The van der Waals surface area contributed by atoms with Crippen molar-refractivity contribution in [3.63, 3.8) is 0 Å². The Balaban J connectivity index is 1.67. The largest absolute Gasteiger partial charge is 0.378 e. The van der Waals surface area contributed by atoms with Crippen LogP contribution in [0.4, 0.5) is 16.0 Å². The summed E-state index contributed by atoms with van der Waals surface area (Å²) in [7, 11) is 1.46. The molecule has 0 radical (unpaired) electrons. The van der Waals surface area contributed by atoms with E-state index in [2.05, 4.69) is 15.3 Å². The molecule has 3 rings (SSSR count). The summed E-state index contributed by atoms with van der Waals surface area (Å²) in [6, 6.07) is 5.50. The van der Waals surface area contributed by atoms with Crippen LogP contribution in [-0.2, 0) is 9.53 Å². The molecule has 0 saturated carbocycles. The third kappa shape index (κ3) is 4.93. The van der Waals surface area contributed by atoms with Gasteiger partial charge in [-0.1, -0.05) is 17.7 Å². The zero-order chi connectivity index (χ0) is 20.1. The highest BCUT2D eigenvalue weighted by Crippen LogP contribution is 2.19. The molecule has 0 unspecified atom stereocenters. The molecule has 2 amide bonds. The zero-order valence-electron chi connectivity index (χ0n) is 15.2. The molecule has 1 aromatic heterocycles. The molecular weight excluding hydrogens is 389 g/mol. The van der Waals surface area contributed by atoms with Gasteiger partial charge in [0.1, 0.15) is 5.82 Å². The molecule has 1 aliphatic rings. The van der Waals surface area contributed by atoms with Gasteiger partial charge in [0.15, 0.2) is 5.69 Å². The van der Waals surface area contributed by atoms with Gasteiger partial charge in [0.05, 0.1) is 31.0 Å². The Hall–Kier alpha value is -2.78. The van der Waals surface area contributed by atoms with Gasteiger partial charge in [0.2, 0.25) is 11.9 Å². The Morgan fingerprint density at radius 3 is 2.82 bits per heavy atom. The molecule has 2 heterocycles. The van der Waals surface area contributed by atoms with Crippen LogP contribution in [0, 0.1) is 5.82 Å². The number of aromatic nitrogens is 2. The molecule has 8 nitrogen and oxygen atoms in total. The SMILES string of the molecule is CN(CC(=O)Nc1cccc(F)c1)C(=O)c1nc(N2CCOCC2)ncc1Cl. The summed E-state index contributed by atoms with van der Waals surface area (Å²) in [5.74, 6) is -1.07. The second kappa shape index (κ2) is 8.94. The van der Waals surface area contributed by atoms with E-state index in [-0.39, 0.29) is 17.3 Å². The van der Waals surface area contributed by atoms with Crippen molar-refractivity contribution in [2.75, 3.05) is 50.1 Å². The number of carbonyl (C=O) groups is 2. The van der Waals surface area contributed by atoms with Gasteiger partial charge >= 0.3 is 0 Å². The number of hydrogen-bond donors (Lipinski definition) is 1. The molecule has 0 spiro atoms. The Kier molecular flexibility index (Phi) is 6.37. The van der Waals surface area contributed by atoms with Crippen molar-refractivity contribution in [1.29, 1.82) is 0 Å². The number of likely N-dealkylation sites (N-methyl/N-ethyl adjacent to an activating group) is 1. The van der Waals surface area contributed by atoms with E-state index in [4.69, 9.17) is 16.3 Å². The van der Waals surface area contributed by atoms with E-state index < -0.39 is 17.6 Å². The van der Waals surface area contributed by atoms with Crippen LogP contribution < -0.4 is 10.2 Å². The summed E-state index contributed by atoms with van der Waals surface area (Å²) in [4.78, 5) is 36.4. The summed E-state index contributed by atoms with van der Waals surface area (Å²) < 4.78 is 18.5. The number of ether oxygens (including phenoxy) is 1. The van der Waals surface area contributed by atoms with Crippen molar-refractivity contribution in [1.82, 2.24) is 14.9 Å². The van der Waals surface area contributed by atoms with Gasteiger partial charge in [-0.15, -0.1) is 0 Å². The van der Waals surface area contributed by atoms with Crippen LogP contribution in [0.3, 0.4) is 0 Å². The zero-order valence-corrected chi connectivity index (χ0v) is 15.9. The van der Waals surface area contributed by atoms with E-state index in [0.717, 1.165) is 0 Å². The second-order valence-corrected chi connectivity index (χ2v) is 6.59. The number of nitrogens with one attached hydrogen (secondary N) is 1. The molecule has 0 bridgehead atoms. The lowest BCUT2D eigenvalue weighted by atomic mass is 10.3. The minimum Gasteiger partial charge on any atom is -0.378 e. The predicted molar refractivity (Wildman–Crippen MR) is 102 cm³/mol. The van der Waals surface area contributed by atoms with Crippen LogP contribution >= 0.6 is 11.6 Å². The second-order valence-electron chi connectivity index (χ2n) is 6.19. The van der Waals surface area contributed by atoms with Crippen LogP contribution in [0.2, 0.25) is 5.02 Å². The summed E-state index contributed by atoms with van der Waals surface area (Å²) in [5, 5.41) is 2.63. The number of rotatable bonds is 5.